The lowest BCUT2D eigenvalue weighted by atomic mass is 10.0. The van der Waals surface area contributed by atoms with Crippen LogP contribution in [-0.2, 0) is 30.5 Å². The molecule has 0 fully saturated rings. The summed E-state index contributed by atoms with van der Waals surface area (Å²) in [6, 6.07) is 5.62. The lowest BCUT2D eigenvalue weighted by Gasteiger charge is -2.28. The summed E-state index contributed by atoms with van der Waals surface area (Å²) < 4.78 is 53.3. The van der Waals surface area contributed by atoms with Crippen LogP contribution in [0.3, 0.4) is 0 Å². The van der Waals surface area contributed by atoms with Gasteiger partial charge in [-0.05, 0) is 18.1 Å². The van der Waals surface area contributed by atoms with Crippen molar-refractivity contribution in [2.24, 2.45) is 5.73 Å². The summed E-state index contributed by atoms with van der Waals surface area (Å²) in [5.74, 6) is -0.466. The monoisotopic (exact) mass is 370 g/mol. The Bertz CT molecular complexity index is 802. The number of nitrogens with two attached hydrogens (primary N) is 1. The average Bonchev–Trinajstić information content (AvgIpc) is 3.00. The molecule has 5 nitrogen and oxygen atoms in total. The van der Waals surface area contributed by atoms with Gasteiger partial charge in [0.25, 0.3) is 0 Å². The fourth-order valence-corrected chi connectivity index (χ4v) is 2.97. The van der Waals surface area contributed by atoms with Crippen LogP contribution in [0.4, 0.5) is 17.6 Å². The molecule has 26 heavy (non-hydrogen) atoms. The smallest absolute Gasteiger partial charge is 0.333 e. The first-order chi connectivity index (χ1) is 12.2. The average molecular weight is 370 g/mol. The molecular formula is C17H18F4N4O. The maximum Gasteiger partial charge on any atom is 0.434 e. The highest BCUT2D eigenvalue weighted by atomic mass is 19.4. The van der Waals surface area contributed by atoms with Crippen LogP contribution in [0.1, 0.15) is 23.5 Å². The third kappa shape index (κ3) is 4.04. The number of nitrogens with zero attached hydrogens (tertiary/aromatic N) is 3. The van der Waals surface area contributed by atoms with E-state index >= 15 is 0 Å². The second-order valence-electron chi connectivity index (χ2n) is 6.31. The van der Waals surface area contributed by atoms with Gasteiger partial charge in [0, 0.05) is 31.7 Å². The van der Waals surface area contributed by atoms with Crippen LogP contribution < -0.4 is 5.73 Å². The van der Waals surface area contributed by atoms with Gasteiger partial charge in [-0.2, -0.15) is 13.2 Å². The van der Waals surface area contributed by atoms with Crippen molar-refractivity contribution >= 4 is 5.91 Å². The highest BCUT2D eigenvalue weighted by Gasteiger charge is 2.36. The van der Waals surface area contributed by atoms with Crippen LogP contribution in [0.15, 0.2) is 30.5 Å². The molecule has 0 bridgehead atoms. The SMILES string of the molecule is N[C@@H](CC(=O)N1CCn2cc(C(F)(F)F)nc2C1)Cc1ccccc1F. The number of benzene rings is 1. The molecule has 2 heterocycles. The fraction of sp³-hybridized carbons (Fsp3) is 0.412. The van der Waals surface area contributed by atoms with Gasteiger partial charge in [0.15, 0.2) is 5.69 Å². The molecule has 0 saturated heterocycles. The molecule has 0 unspecified atom stereocenters. The summed E-state index contributed by atoms with van der Waals surface area (Å²) in [4.78, 5) is 17.4. The van der Waals surface area contributed by atoms with E-state index in [1.54, 1.807) is 18.2 Å². The summed E-state index contributed by atoms with van der Waals surface area (Å²) in [6.07, 6.45) is -3.36. The van der Waals surface area contributed by atoms with Gasteiger partial charge in [0.05, 0.1) is 6.54 Å². The molecule has 1 aromatic heterocycles. The second-order valence-corrected chi connectivity index (χ2v) is 6.31. The zero-order valence-electron chi connectivity index (χ0n) is 13.8. The van der Waals surface area contributed by atoms with Crippen LogP contribution in [0.2, 0.25) is 0 Å². The van der Waals surface area contributed by atoms with E-state index in [2.05, 4.69) is 4.98 Å². The summed E-state index contributed by atoms with van der Waals surface area (Å²) in [6.45, 7) is 0.528. The van der Waals surface area contributed by atoms with Gasteiger partial charge < -0.3 is 15.2 Å². The number of amides is 1. The predicted molar refractivity (Wildman–Crippen MR) is 85.3 cm³/mol. The van der Waals surface area contributed by atoms with Gasteiger partial charge in [-0.3, -0.25) is 4.79 Å². The van der Waals surface area contributed by atoms with Crippen LogP contribution >= 0.6 is 0 Å². The maximum atomic E-state index is 13.7. The molecule has 9 heteroatoms. The molecule has 1 aromatic carbocycles. The number of carbonyl (C=O) groups is 1. The number of aromatic nitrogens is 2. The van der Waals surface area contributed by atoms with E-state index in [9.17, 15) is 22.4 Å². The summed E-state index contributed by atoms with van der Waals surface area (Å²) in [7, 11) is 0. The van der Waals surface area contributed by atoms with Gasteiger partial charge in [-0.1, -0.05) is 18.2 Å². The molecular weight excluding hydrogens is 352 g/mol. The highest BCUT2D eigenvalue weighted by molar-refractivity contribution is 5.76. The summed E-state index contributed by atoms with van der Waals surface area (Å²) in [5.41, 5.74) is 5.42. The molecule has 1 amide bonds. The number of imidazole rings is 1. The van der Waals surface area contributed by atoms with E-state index in [-0.39, 0.29) is 50.0 Å². The first-order valence-electron chi connectivity index (χ1n) is 8.14. The molecule has 0 aliphatic carbocycles. The third-order valence-electron chi connectivity index (χ3n) is 4.32. The molecule has 3 rings (SSSR count). The minimum absolute atomic E-state index is 0.00132. The quantitative estimate of drug-likeness (QED) is 0.841. The molecule has 2 aromatic rings. The van der Waals surface area contributed by atoms with E-state index in [1.165, 1.54) is 15.5 Å². The highest BCUT2D eigenvalue weighted by Crippen LogP contribution is 2.29. The van der Waals surface area contributed by atoms with E-state index in [0.29, 0.717) is 5.56 Å². The van der Waals surface area contributed by atoms with E-state index in [4.69, 9.17) is 5.73 Å². The molecule has 0 spiro atoms. The topological polar surface area (TPSA) is 64.2 Å². The Balaban J connectivity index is 1.61. The molecule has 0 radical (unpaired) electrons. The Hall–Kier alpha value is -2.42. The first kappa shape index (κ1) is 18.4. The molecule has 1 atom stereocenters. The Morgan fingerprint density at radius 2 is 2.00 bits per heavy atom. The second kappa shape index (κ2) is 7.06. The normalized spacial score (nSPS) is 15.7. The largest absolute Gasteiger partial charge is 0.434 e. The molecule has 1 aliphatic rings. The minimum atomic E-state index is -4.51. The number of hydrogen-bond donors (Lipinski definition) is 1. The summed E-state index contributed by atoms with van der Waals surface area (Å²) >= 11 is 0. The van der Waals surface area contributed by atoms with Crippen molar-refractivity contribution in [2.75, 3.05) is 6.54 Å². The molecule has 140 valence electrons. The van der Waals surface area contributed by atoms with Gasteiger partial charge in [-0.15, -0.1) is 0 Å². The number of alkyl halides is 3. The van der Waals surface area contributed by atoms with Gasteiger partial charge in [-0.25, -0.2) is 9.37 Å². The van der Waals surface area contributed by atoms with E-state index in [1.807, 2.05) is 0 Å². The zero-order valence-corrected chi connectivity index (χ0v) is 13.8. The Kier molecular flexibility index (Phi) is 4.99. The van der Waals surface area contributed by atoms with Gasteiger partial charge >= 0.3 is 6.18 Å². The predicted octanol–water partition coefficient (Wildman–Crippen LogP) is 2.34. The van der Waals surface area contributed by atoms with Crippen LogP contribution in [0.25, 0.3) is 0 Å². The van der Waals surface area contributed by atoms with E-state index in [0.717, 1.165) is 6.20 Å². The van der Waals surface area contributed by atoms with Crippen molar-refractivity contribution in [1.82, 2.24) is 14.5 Å². The van der Waals surface area contributed by atoms with Crippen molar-refractivity contribution < 1.29 is 22.4 Å². The third-order valence-corrected chi connectivity index (χ3v) is 4.32. The number of carbonyl (C=O) groups excluding carboxylic acids is 1. The van der Waals surface area contributed by atoms with Crippen molar-refractivity contribution in [3.63, 3.8) is 0 Å². The van der Waals surface area contributed by atoms with Crippen molar-refractivity contribution in [3.8, 4) is 0 Å². The van der Waals surface area contributed by atoms with Crippen LogP contribution in [0.5, 0.6) is 0 Å². The van der Waals surface area contributed by atoms with Gasteiger partial charge in [0.1, 0.15) is 11.6 Å². The van der Waals surface area contributed by atoms with E-state index < -0.39 is 17.9 Å². The number of rotatable bonds is 4. The lowest BCUT2D eigenvalue weighted by Crippen LogP contribution is -2.41. The molecule has 1 aliphatic heterocycles. The van der Waals surface area contributed by atoms with Crippen LogP contribution in [0, 0.1) is 5.82 Å². The standard InChI is InChI=1S/C17H18F4N4O/c18-13-4-2-1-3-11(13)7-12(22)8-16(26)25-6-5-24-9-14(17(19,20)21)23-15(24)10-25/h1-4,9,12H,5-8,10,22H2/t12-/m1/s1. The molecule has 0 saturated carbocycles. The Morgan fingerprint density at radius 3 is 2.69 bits per heavy atom. The Labute approximate surface area is 147 Å². The first-order valence-corrected chi connectivity index (χ1v) is 8.14. The van der Waals surface area contributed by atoms with Crippen LogP contribution in [-0.4, -0.2) is 32.9 Å². The number of fused-ring (bicyclic) bond motifs is 1. The number of halogens is 4. The summed E-state index contributed by atoms with van der Waals surface area (Å²) in [5, 5.41) is 0. The zero-order chi connectivity index (χ0) is 18.9. The fourth-order valence-electron chi connectivity index (χ4n) is 2.97. The Morgan fingerprint density at radius 1 is 1.27 bits per heavy atom. The van der Waals surface area contributed by atoms with Crippen molar-refractivity contribution in [3.05, 3.63) is 53.4 Å². The van der Waals surface area contributed by atoms with Gasteiger partial charge in [0.2, 0.25) is 5.91 Å². The maximum absolute atomic E-state index is 13.7. The van der Waals surface area contributed by atoms with Crippen molar-refractivity contribution in [2.45, 2.75) is 38.1 Å². The van der Waals surface area contributed by atoms with Crippen molar-refractivity contribution in [1.29, 1.82) is 0 Å². The molecule has 2 N–H and O–H groups in total. The number of hydrogen-bond acceptors (Lipinski definition) is 3. The minimum Gasteiger partial charge on any atom is -0.333 e. The lowest BCUT2D eigenvalue weighted by molar-refractivity contribution is -0.141.